The third-order valence-corrected chi connectivity index (χ3v) is 5.18. The van der Waals surface area contributed by atoms with Crippen molar-refractivity contribution < 1.29 is 9.90 Å². The first-order chi connectivity index (χ1) is 11.7. The van der Waals surface area contributed by atoms with Gasteiger partial charge in [0.15, 0.2) is 0 Å². The van der Waals surface area contributed by atoms with Gasteiger partial charge in [-0.05, 0) is 11.8 Å². The molecule has 1 N–H and O–H groups in total. The molecule has 0 rings (SSSR count). The first kappa shape index (κ1) is 23.6. The Morgan fingerprint density at radius 3 is 1.38 bits per heavy atom. The second-order valence-electron chi connectivity index (χ2n) is 7.17. The Bertz CT molecular complexity index is 292. The summed E-state index contributed by atoms with van der Waals surface area (Å²) in [6.07, 6.45) is 22.2. The zero-order valence-corrected chi connectivity index (χ0v) is 16.8. The molecule has 0 aromatic rings. The molecule has 0 fully saturated rings. The molecule has 0 bridgehead atoms. The third-order valence-electron chi connectivity index (χ3n) is 4.85. The summed E-state index contributed by atoms with van der Waals surface area (Å²) in [5, 5.41) is 10.3. The highest BCUT2D eigenvalue weighted by Gasteiger charge is 2.12. The molecule has 24 heavy (non-hydrogen) atoms. The predicted molar refractivity (Wildman–Crippen MR) is 109 cm³/mol. The lowest BCUT2D eigenvalue weighted by molar-refractivity contribution is -0.139. The molecule has 1 atom stereocenters. The topological polar surface area (TPSA) is 37.3 Å². The van der Waals surface area contributed by atoms with E-state index in [0.29, 0.717) is 6.42 Å². The van der Waals surface area contributed by atoms with Crippen molar-refractivity contribution in [1.29, 1.82) is 0 Å². The highest BCUT2D eigenvalue weighted by molar-refractivity contribution is 7.79. The van der Waals surface area contributed by atoms with E-state index in [1.807, 2.05) is 0 Å². The Morgan fingerprint density at radius 2 is 1.08 bits per heavy atom. The number of thiocarbonyl (C=S) groups is 1. The number of aliphatic carboxylic acids is 1. The molecule has 0 amide bonds. The molecule has 3 heteroatoms. The number of hydrogen-bond donors (Lipinski definition) is 1. The Labute approximate surface area is 155 Å². The summed E-state index contributed by atoms with van der Waals surface area (Å²) in [4.78, 5) is 10.8. The standard InChI is InChI=1S/C21H40O2S/c1-2-3-4-5-6-7-8-9-10-11-12-13-14-15-16-17-18-20(19-24)21(22)23/h19-20H,2-18H2,1H3,(H,22,23). The SMILES string of the molecule is CCCCCCCCCCCCCCCCCCC(C=S)C(=O)O. The molecule has 0 heterocycles. The zero-order chi connectivity index (χ0) is 17.9. The van der Waals surface area contributed by atoms with Crippen molar-refractivity contribution in [2.75, 3.05) is 0 Å². The summed E-state index contributed by atoms with van der Waals surface area (Å²) >= 11 is 4.75. The van der Waals surface area contributed by atoms with Crippen LogP contribution >= 0.6 is 12.2 Å². The summed E-state index contributed by atoms with van der Waals surface area (Å²) in [6.45, 7) is 2.27. The van der Waals surface area contributed by atoms with Crippen molar-refractivity contribution in [1.82, 2.24) is 0 Å². The monoisotopic (exact) mass is 356 g/mol. The summed E-state index contributed by atoms with van der Waals surface area (Å²) in [5.41, 5.74) is 0. The van der Waals surface area contributed by atoms with Crippen molar-refractivity contribution in [2.24, 2.45) is 5.92 Å². The smallest absolute Gasteiger partial charge is 0.311 e. The largest absolute Gasteiger partial charge is 0.481 e. The van der Waals surface area contributed by atoms with Gasteiger partial charge in [-0.15, -0.1) is 0 Å². The molecule has 0 aliphatic heterocycles. The first-order valence-corrected chi connectivity index (χ1v) is 10.9. The van der Waals surface area contributed by atoms with Gasteiger partial charge in [0.05, 0.1) is 5.92 Å². The fraction of sp³-hybridized carbons (Fsp3) is 0.905. The van der Waals surface area contributed by atoms with Gasteiger partial charge in [0.1, 0.15) is 0 Å². The van der Waals surface area contributed by atoms with Crippen LogP contribution in [0.25, 0.3) is 0 Å². The van der Waals surface area contributed by atoms with Crippen LogP contribution in [0.1, 0.15) is 116 Å². The fourth-order valence-corrected chi connectivity index (χ4v) is 3.41. The van der Waals surface area contributed by atoms with E-state index in [-0.39, 0.29) is 0 Å². The van der Waals surface area contributed by atoms with E-state index < -0.39 is 11.9 Å². The van der Waals surface area contributed by atoms with Crippen LogP contribution in [0.4, 0.5) is 0 Å². The minimum Gasteiger partial charge on any atom is -0.481 e. The van der Waals surface area contributed by atoms with E-state index >= 15 is 0 Å². The molecule has 0 radical (unpaired) electrons. The maximum absolute atomic E-state index is 10.8. The molecule has 0 saturated heterocycles. The minimum atomic E-state index is -0.772. The predicted octanol–water partition coefficient (Wildman–Crippen LogP) is 7.34. The van der Waals surface area contributed by atoms with Crippen LogP contribution in [0.15, 0.2) is 0 Å². The van der Waals surface area contributed by atoms with Gasteiger partial charge in [-0.1, -0.05) is 122 Å². The fourth-order valence-electron chi connectivity index (χ4n) is 3.16. The number of unbranched alkanes of at least 4 members (excludes halogenated alkanes) is 15. The minimum absolute atomic E-state index is 0.424. The maximum Gasteiger partial charge on any atom is 0.311 e. The second kappa shape index (κ2) is 18.9. The molecule has 0 aromatic heterocycles. The molecule has 0 saturated carbocycles. The number of carboxylic acid groups (broad SMARTS) is 1. The number of carbonyl (C=O) groups is 1. The first-order valence-electron chi connectivity index (χ1n) is 10.4. The van der Waals surface area contributed by atoms with Gasteiger partial charge >= 0.3 is 5.97 Å². The average Bonchev–Trinajstić information content (AvgIpc) is 2.57. The van der Waals surface area contributed by atoms with Crippen molar-refractivity contribution in [3.8, 4) is 0 Å². The van der Waals surface area contributed by atoms with Crippen molar-refractivity contribution >= 4 is 23.6 Å². The number of rotatable bonds is 19. The Kier molecular flexibility index (Phi) is 18.5. The summed E-state index contributed by atoms with van der Waals surface area (Å²) < 4.78 is 0. The molecular weight excluding hydrogens is 316 g/mol. The van der Waals surface area contributed by atoms with Gasteiger partial charge in [0.2, 0.25) is 0 Å². The highest BCUT2D eigenvalue weighted by Crippen LogP contribution is 2.15. The van der Waals surface area contributed by atoms with Crippen LogP contribution < -0.4 is 0 Å². The second-order valence-corrected chi connectivity index (χ2v) is 7.44. The maximum atomic E-state index is 10.8. The average molecular weight is 357 g/mol. The van der Waals surface area contributed by atoms with Crippen molar-refractivity contribution in [3.63, 3.8) is 0 Å². The normalized spacial score (nSPS) is 12.2. The number of carboxylic acids is 1. The quantitative estimate of drug-likeness (QED) is 0.194. The van der Waals surface area contributed by atoms with E-state index in [4.69, 9.17) is 17.3 Å². The number of hydrogen-bond acceptors (Lipinski definition) is 2. The lowest BCUT2D eigenvalue weighted by Gasteiger charge is -2.06. The van der Waals surface area contributed by atoms with Crippen LogP contribution in [-0.4, -0.2) is 16.4 Å². The lowest BCUT2D eigenvalue weighted by Crippen LogP contribution is -2.13. The van der Waals surface area contributed by atoms with Gasteiger partial charge in [-0.3, -0.25) is 4.79 Å². The Hall–Kier alpha value is -0.440. The lowest BCUT2D eigenvalue weighted by atomic mass is 10.0. The highest BCUT2D eigenvalue weighted by atomic mass is 32.1. The van der Waals surface area contributed by atoms with E-state index in [2.05, 4.69) is 6.92 Å². The molecular formula is C21H40O2S. The van der Waals surface area contributed by atoms with Crippen LogP contribution in [0.3, 0.4) is 0 Å². The van der Waals surface area contributed by atoms with Gasteiger partial charge in [0, 0.05) is 0 Å². The summed E-state index contributed by atoms with van der Waals surface area (Å²) in [7, 11) is 0. The van der Waals surface area contributed by atoms with E-state index in [1.54, 1.807) is 0 Å². The van der Waals surface area contributed by atoms with E-state index in [0.717, 1.165) is 12.8 Å². The zero-order valence-electron chi connectivity index (χ0n) is 15.9. The van der Waals surface area contributed by atoms with Gasteiger partial charge < -0.3 is 5.11 Å². The van der Waals surface area contributed by atoms with Gasteiger partial charge in [0.25, 0.3) is 0 Å². The van der Waals surface area contributed by atoms with Gasteiger partial charge in [-0.2, -0.15) is 0 Å². The third kappa shape index (κ3) is 16.4. The van der Waals surface area contributed by atoms with Crippen LogP contribution in [0.5, 0.6) is 0 Å². The molecule has 0 aromatic carbocycles. The van der Waals surface area contributed by atoms with Crippen molar-refractivity contribution in [2.45, 2.75) is 116 Å². The van der Waals surface area contributed by atoms with Crippen LogP contribution in [0.2, 0.25) is 0 Å². The molecule has 0 spiro atoms. The van der Waals surface area contributed by atoms with Crippen LogP contribution in [0, 0.1) is 5.92 Å². The Balaban J connectivity index is 3.12. The summed E-state index contributed by atoms with van der Waals surface area (Å²) in [6, 6.07) is 0. The molecule has 142 valence electrons. The Morgan fingerprint density at radius 1 is 0.750 bits per heavy atom. The van der Waals surface area contributed by atoms with E-state index in [1.165, 1.54) is 95.3 Å². The molecule has 0 aliphatic rings. The van der Waals surface area contributed by atoms with Gasteiger partial charge in [-0.25, -0.2) is 0 Å². The molecule has 2 nitrogen and oxygen atoms in total. The van der Waals surface area contributed by atoms with Crippen LogP contribution in [-0.2, 0) is 4.79 Å². The summed E-state index contributed by atoms with van der Waals surface area (Å²) in [5.74, 6) is -1.20. The van der Waals surface area contributed by atoms with Crippen molar-refractivity contribution in [3.05, 3.63) is 0 Å². The molecule has 1 unspecified atom stereocenters. The van der Waals surface area contributed by atoms with E-state index in [9.17, 15) is 4.79 Å². The molecule has 0 aliphatic carbocycles.